The molecule has 37 heavy (non-hydrogen) atoms. The highest BCUT2D eigenvalue weighted by Crippen LogP contribution is 2.46. The molecule has 0 bridgehead atoms. The summed E-state index contributed by atoms with van der Waals surface area (Å²) in [4.78, 5) is 9.91. The van der Waals surface area contributed by atoms with Crippen molar-refractivity contribution in [3.8, 4) is 11.1 Å². The van der Waals surface area contributed by atoms with Crippen LogP contribution >= 0.6 is 0 Å². The molecule has 0 radical (unpaired) electrons. The molecule has 1 unspecified atom stereocenters. The van der Waals surface area contributed by atoms with Crippen LogP contribution in [0.4, 0.5) is 30.7 Å². The topological polar surface area (TPSA) is 83.9 Å². The van der Waals surface area contributed by atoms with Crippen molar-refractivity contribution in [2.75, 3.05) is 18.8 Å². The first-order valence-electron chi connectivity index (χ1n) is 11.0. The molecule has 2 aliphatic rings. The summed E-state index contributed by atoms with van der Waals surface area (Å²) in [6.07, 6.45) is -3.07. The van der Waals surface area contributed by atoms with Crippen LogP contribution in [0.25, 0.3) is 11.1 Å². The van der Waals surface area contributed by atoms with Crippen molar-refractivity contribution in [2.24, 2.45) is 5.16 Å². The second-order valence-electron chi connectivity index (χ2n) is 8.83. The molecule has 2 aromatic rings. The van der Waals surface area contributed by atoms with Gasteiger partial charge >= 0.3 is 0 Å². The van der Waals surface area contributed by atoms with Crippen molar-refractivity contribution in [2.45, 2.75) is 44.3 Å². The number of sulfonamides is 1. The van der Waals surface area contributed by atoms with Crippen molar-refractivity contribution in [1.29, 1.82) is 0 Å². The lowest BCUT2D eigenvalue weighted by Gasteiger charge is -2.28. The fourth-order valence-electron chi connectivity index (χ4n) is 4.25. The molecular formula is C22H21F7N4O3S. The normalized spacial score (nSPS) is 23.5. The maximum Gasteiger partial charge on any atom is 0.286 e. The van der Waals surface area contributed by atoms with Crippen molar-refractivity contribution >= 4 is 15.9 Å². The summed E-state index contributed by atoms with van der Waals surface area (Å²) in [5.41, 5.74) is -4.30. The fourth-order valence-corrected chi connectivity index (χ4v) is 5.10. The molecule has 1 saturated heterocycles. The smallest absolute Gasteiger partial charge is 0.286 e. The number of pyridine rings is 1. The average Bonchev–Trinajstić information content (AvgIpc) is 3.35. The van der Waals surface area contributed by atoms with E-state index in [4.69, 9.17) is 4.84 Å². The highest BCUT2D eigenvalue weighted by atomic mass is 32.2. The third-order valence-electron chi connectivity index (χ3n) is 6.17. The highest BCUT2D eigenvalue weighted by Gasteiger charge is 2.57. The molecule has 202 valence electrons. The molecule has 15 heteroatoms. The molecule has 2 aliphatic heterocycles. The Morgan fingerprint density at radius 2 is 1.84 bits per heavy atom. The Kier molecular flexibility index (Phi) is 6.90. The molecule has 0 amide bonds. The fraction of sp³-hybridized carbons (Fsp3) is 0.455. The number of nitrogens with one attached hydrogen (secondary N) is 1. The number of aryl methyl sites for hydroxylation is 1. The Balaban J connectivity index is 1.71. The van der Waals surface area contributed by atoms with E-state index in [1.807, 2.05) is 4.72 Å². The summed E-state index contributed by atoms with van der Waals surface area (Å²) in [6, 6.07) is 0.0613. The first-order valence-corrected chi connectivity index (χ1v) is 12.6. The monoisotopic (exact) mass is 554 g/mol. The van der Waals surface area contributed by atoms with Crippen LogP contribution in [0.15, 0.2) is 29.6 Å². The van der Waals surface area contributed by atoms with Crippen molar-refractivity contribution in [3.05, 3.63) is 53.1 Å². The van der Waals surface area contributed by atoms with Gasteiger partial charge in [0.05, 0.1) is 24.3 Å². The van der Waals surface area contributed by atoms with Crippen LogP contribution in [0.5, 0.6) is 0 Å². The molecule has 0 aliphatic carbocycles. The van der Waals surface area contributed by atoms with Gasteiger partial charge in [0.15, 0.2) is 0 Å². The van der Waals surface area contributed by atoms with Gasteiger partial charge in [-0.3, -0.25) is 4.98 Å². The zero-order valence-electron chi connectivity index (χ0n) is 19.4. The summed E-state index contributed by atoms with van der Waals surface area (Å²) in [7, 11) is -4.01. The number of alkyl halides is 4. The lowest BCUT2D eigenvalue weighted by atomic mass is 9.88. The third-order valence-corrected chi connectivity index (χ3v) is 7.57. The Labute approximate surface area is 207 Å². The number of aromatic nitrogens is 1. The second-order valence-corrected chi connectivity index (χ2v) is 10.9. The van der Waals surface area contributed by atoms with Gasteiger partial charge in [0, 0.05) is 30.4 Å². The number of nitrogens with zero attached hydrogens (tertiary/aromatic N) is 3. The van der Waals surface area contributed by atoms with Gasteiger partial charge in [-0.15, -0.1) is 0 Å². The summed E-state index contributed by atoms with van der Waals surface area (Å²) in [5.74, 6) is -8.34. The van der Waals surface area contributed by atoms with Crippen LogP contribution in [0, 0.1) is 24.4 Å². The molecule has 1 aromatic carbocycles. The molecule has 4 rings (SSSR count). The van der Waals surface area contributed by atoms with Gasteiger partial charge in [0.25, 0.3) is 12.3 Å². The number of hydrogen-bond acceptors (Lipinski definition) is 6. The van der Waals surface area contributed by atoms with Gasteiger partial charge in [-0.2, -0.15) is 0 Å². The largest absolute Gasteiger partial charge is 0.374 e. The number of halogens is 7. The first-order chi connectivity index (χ1) is 17.2. The van der Waals surface area contributed by atoms with Crippen molar-refractivity contribution in [1.82, 2.24) is 14.6 Å². The SMILES string of the molecule is CCS(=O)(=O)N[C@@H]1CN(C2=NOC(c3ncc(C)cc3-c3c(F)cc(F)cc3F)(C(F)F)C2)CC1(F)F. The Morgan fingerprint density at radius 3 is 2.43 bits per heavy atom. The molecular weight excluding hydrogens is 533 g/mol. The van der Waals surface area contributed by atoms with E-state index >= 15 is 0 Å². The third kappa shape index (κ3) is 4.98. The van der Waals surface area contributed by atoms with Gasteiger partial charge in [0.2, 0.25) is 15.6 Å². The predicted molar refractivity (Wildman–Crippen MR) is 118 cm³/mol. The van der Waals surface area contributed by atoms with E-state index in [0.717, 1.165) is 17.2 Å². The molecule has 3 heterocycles. The Morgan fingerprint density at radius 1 is 1.19 bits per heavy atom. The van der Waals surface area contributed by atoms with Gasteiger partial charge in [-0.1, -0.05) is 5.16 Å². The second kappa shape index (κ2) is 9.42. The number of oxime groups is 1. The maximum atomic E-state index is 14.6. The lowest BCUT2D eigenvalue weighted by molar-refractivity contribution is -0.131. The predicted octanol–water partition coefficient (Wildman–Crippen LogP) is 3.93. The van der Waals surface area contributed by atoms with Crippen LogP contribution < -0.4 is 4.72 Å². The molecule has 0 saturated carbocycles. The van der Waals surface area contributed by atoms with Crippen molar-refractivity contribution < 1.29 is 44.0 Å². The number of amidine groups is 1. The standard InChI is InChI=1S/C22H21F7N4O3S/c1-3-37(34,35)32-16-9-33(10-22(16,28)29)17-7-21(20(26)27,36-31-17)19-13(4-11(2)8-30-19)18-14(24)5-12(23)6-15(18)25/h4-6,8,16,20,32H,3,7,9-10H2,1-2H3/t16-,21?/m1/s1. The zero-order chi connectivity index (χ0) is 27.3. The summed E-state index contributed by atoms with van der Waals surface area (Å²) >= 11 is 0. The minimum atomic E-state index is -4.01. The first kappa shape index (κ1) is 27.1. The minimum absolute atomic E-state index is 0.329. The van der Waals surface area contributed by atoms with E-state index in [1.165, 1.54) is 13.8 Å². The van der Waals surface area contributed by atoms with Crippen molar-refractivity contribution in [3.63, 3.8) is 0 Å². The number of rotatable bonds is 6. The number of hydrogen-bond donors (Lipinski definition) is 1. The van der Waals surface area contributed by atoms with Gasteiger partial charge in [-0.05, 0) is 25.5 Å². The van der Waals surface area contributed by atoms with Crippen LogP contribution in [0.1, 0.15) is 24.6 Å². The molecule has 1 fully saturated rings. The zero-order valence-corrected chi connectivity index (χ0v) is 20.2. The van der Waals surface area contributed by atoms with E-state index in [1.54, 1.807) is 0 Å². The van der Waals surface area contributed by atoms with E-state index in [2.05, 4.69) is 10.1 Å². The summed E-state index contributed by atoms with van der Waals surface area (Å²) < 4.78 is 126. The summed E-state index contributed by atoms with van der Waals surface area (Å²) in [6.45, 7) is 1.11. The molecule has 2 atom stereocenters. The van der Waals surface area contributed by atoms with Crippen LogP contribution in [0.3, 0.4) is 0 Å². The molecule has 1 aromatic heterocycles. The van der Waals surface area contributed by atoms with E-state index in [0.29, 0.717) is 17.7 Å². The Hall–Kier alpha value is -2.94. The average molecular weight is 554 g/mol. The van der Waals surface area contributed by atoms with Crippen LogP contribution in [0.2, 0.25) is 0 Å². The van der Waals surface area contributed by atoms with Gasteiger partial charge in [-0.25, -0.2) is 43.9 Å². The number of benzene rings is 1. The maximum absolute atomic E-state index is 14.6. The highest BCUT2D eigenvalue weighted by molar-refractivity contribution is 7.89. The Bertz CT molecular complexity index is 1330. The number of likely N-dealkylation sites (tertiary alicyclic amines) is 1. The molecule has 1 N–H and O–H groups in total. The van der Waals surface area contributed by atoms with E-state index in [-0.39, 0.29) is 5.84 Å². The minimum Gasteiger partial charge on any atom is -0.374 e. The van der Waals surface area contributed by atoms with Crippen LogP contribution in [-0.2, 0) is 20.5 Å². The van der Waals surface area contributed by atoms with E-state index < -0.39 is 93.5 Å². The quantitative estimate of drug-likeness (QED) is 0.548. The van der Waals surface area contributed by atoms with Crippen LogP contribution in [-0.4, -0.2) is 61.4 Å². The lowest BCUT2D eigenvalue weighted by Crippen LogP contribution is -2.47. The molecule has 0 spiro atoms. The van der Waals surface area contributed by atoms with E-state index in [9.17, 15) is 39.2 Å². The van der Waals surface area contributed by atoms with Gasteiger partial charge in [0.1, 0.15) is 35.0 Å². The summed E-state index contributed by atoms with van der Waals surface area (Å²) in [5, 5.41) is 3.57. The molecule has 7 nitrogen and oxygen atoms in total. The van der Waals surface area contributed by atoms with Gasteiger partial charge < -0.3 is 9.74 Å².